The van der Waals surface area contributed by atoms with Gasteiger partial charge in [-0.2, -0.15) is 5.10 Å². The minimum Gasteiger partial charge on any atom is -0.496 e. The second-order valence-corrected chi connectivity index (χ2v) is 5.25. The molecule has 2 aromatic rings. The summed E-state index contributed by atoms with van der Waals surface area (Å²) in [6.45, 7) is 0.712. The van der Waals surface area contributed by atoms with E-state index in [0.717, 1.165) is 5.69 Å². The van der Waals surface area contributed by atoms with Gasteiger partial charge in [-0.25, -0.2) is 0 Å². The van der Waals surface area contributed by atoms with Gasteiger partial charge < -0.3 is 15.0 Å². The Kier molecular flexibility index (Phi) is 4.82. The fraction of sp³-hybridized carbons (Fsp3) is 0.286. The van der Waals surface area contributed by atoms with E-state index in [-0.39, 0.29) is 5.91 Å². The molecule has 0 atom stereocenters. The number of carbonyl (C=O) groups is 1. The topological polar surface area (TPSA) is 70.2 Å². The lowest BCUT2D eigenvalue weighted by molar-refractivity contribution is 0.102. The first-order chi connectivity index (χ1) is 9.99. The van der Waals surface area contributed by atoms with Gasteiger partial charge >= 0.3 is 0 Å². The van der Waals surface area contributed by atoms with Gasteiger partial charge in [0.25, 0.3) is 5.91 Å². The van der Waals surface area contributed by atoms with Crippen LogP contribution in [0.5, 0.6) is 5.75 Å². The van der Waals surface area contributed by atoms with E-state index < -0.39 is 0 Å². The van der Waals surface area contributed by atoms with Gasteiger partial charge in [-0.1, -0.05) is 11.6 Å². The molecule has 2 N–H and O–H groups in total. The first-order valence-electron chi connectivity index (χ1n) is 6.33. The number of nitrogens with zero attached hydrogens (tertiary/aromatic N) is 2. The zero-order chi connectivity index (χ0) is 15.4. The fourth-order valence-corrected chi connectivity index (χ4v) is 2.06. The van der Waals surface area contributed by atoms with Crippen LogP contribution in [0, 0.1) is 0 Å². The number of carbonyl (C=O) groups excluding carboxylic acids is 1. The van der Waals surface area contributed by atoms with Gasteiger partial charge in [-0.3, -0.25) is 9.89 Å². The standard InChI is InChI=1S/C14H17ClN4O2/c1-19(2)8-10-7-13(18-17-10)16-14(20)11-6-9(15)4-5-12(11)21-3/h4-7H,8H2,1-3H3,(H2,16,17,18,20). The number of nitrogens with one attached hydrogen (secondary N) is 2. The number of aromatic amines is 1. The monoisotopic (exact) mass is 308 g/mol. The van der Waals surface area contributed by atoms with Gasteiger partial charge in [0.15, 0.2) is 5.82 Å². The van der Waals surface area contributed by atoms with E-state index in [1.54, 1.807) is 24.3 Å². The van der Waals surface area contributed by atoms with Crippen molar-refractivity contribution in [2.75, 3.05) is 26.5 Å². The van der Waals surface area contributed by atoms with Crippen LogP contribution in [0.25, 0.3) is 0 Å². The van der Waals surface area contributed by atoms with Crippen LogP contribution >= 0.6 is 11.6 Å². The average Bonchev–Trinajstić information content (AvgIpc) is 2.85. The maximum Gasteiger partial charge on any atom is 0.260 e. The van der Waals surface area contributed by atoms with E-state index in [4.69, 9.17) is 16.3 Å². The lowest BCUT2D eigenvalue weighted by Gasteiger charge is -2.08. The molecule has 6 nitrogen and oxygen atoms in total. The highest BCUT2D eigenvalue weighted by molar-refractivity contribution is 6.31. The number of methoxy groups -OCH3 is 1. The highest BCUT2D eigenvalue weighted by Crippen LogP contribution is 2.23. The Labute approximate surface area is 128 Å². The zero-order valence-electron chi connectivity index (χ0n) is 12.1. The largest absolute Gasteiger partial charge is 0.496 e. The maximum absolute atomic E-state index is 12.3. The molecule has 21 heavy (non-hydrogen) atoms. The Morgan fingerprint density at radius 2 is 2.19 bits per heavy atom. The van der Waals surface area contributed by atoms with Gasteiger partial charge in [0, 0.05) is 17.6 Å². The van der Waals surface area contributed by atoms with Crippen molar-refractivity contribution in [3.63, 3.8) is 0 Å². The molecule has 1 heterocycles. The van der Waals surface area contributed by atoms with Crippen LogP contribution in [0.15, 0.2) is 24.3 Å². The number of rotatable bonds is 5. The second-order valence-electron chi connectivity index (χ2n) is 4.81. The molecule has 0 bridgehead atoms. The first-order valence-corrected chi connectivity index (χ1v) is 6.71. The summed E-state index contributed by atoms with van der Waals surface area (Å²) in [5, 5.41) is 10.1. The smallest absolute Gasteiger partial charge is 0.260 e. The summed E-state index contributed by atoms with van der Waals surface area (Å²) in [7, 11) is 5.41. The third-order valence-electron chi connectivity index (χ3n) is 2.77. The molecule has 0 aliphatic heterocycles. The van der Waals surface area contributed by atoms with Crippen molar-refractivity contribution >= 4 is 23.3 Å². The van der Waals surface area contributed by atoms with Gasteiger partial charge in [-0.05, 0) is 32.3 Å². The quantitative estimate of drug-likeness (QED) is 0.890. The van der Waals surface area contributed by atoms with Crippen LogP contribution in [0.3, 0.4) is 0 Å². The molecule has 0 fully saturated rings. The van der Waals surface area contributed by atoms with E-state index in [1.165, 1.54) is 7.11 Å². The van der Waals surface area contributed by atoms with Crippen molar-refractivity contribution in [2.45, 2.75) is 6.54 Å². The number of amides is 1. The molecule has 7 heteroatoms. The Morgan fingerprint density at radius 3 is 2.86 bits per heavy atom. The maximum atomic E-state index is 12.3. The molecular weight excluding hydrogens is 292 g/mol. The summed E-state index contributed by atoms with van der Waals surface area (Å²) in [5.41, 5.74) is 1.27. The number of aromatic nitrogens is 2. The fourth-order valence-electron chi connectivity index (χ4n) is 1.89. The van der Waals surface area contributed by atoms with Crippen molar-refractivity contribution in [3.05, 3.63) is 40.5 Å². The Morgan fingerprint density at radius 1 is 1.43 bits per heavy atom. The van der Waals surface area contributed by atoms with E-state index in [9.17, 15) is 4.79 Å². The van der Waals surface area contributed by atoms with Gasteiger partial charge in [0.1, 0.15) is 5.75 Å². The molecule has 0 saturated heterocycles. The van der Waals surface area contributed by atoms with Crippen molar-refractivity contribution in [3.8, 4) is 5.75 Å². The minimum atomic E-state index is -0.322. The normalized spacial score (nSPS) is 10.7. The highest BCUT2D eigenvalue weighted by Gasteiger charge is 2.14. The number of hydrogen-bond acceptors (Lipinski definition) is 4. The summed E-state index contributed by atoms with van der Waals surface area (Å²) < 4.78 is 5.16. The average molecular weight is 309 g/mol. The highest BCUT2D eigenvalue weighted by atomic mass is 35.5. The molecule has 1 amide bonds. The van der Waals surface area contributed by atoms with Gasteiger partial charge in [-0.15, -0.1) is 0 Å². The molecule has 0 aliphatic carbocycles. The van der Waals surface area contributed by atoms with Gasteiger partial charge in [0.2, 0.25) is 0 Å². The number of hydrogen-bond donors (Lipinski definition) is 2. The van der Waals surface area contributed by atoms with Crippen LogP contribution < -0.4 is 10.1 Å². The van der Waals surface area contributed by atoms with Crippen LogP contribution in [-0.2, 0) is 6.54 Å². The summed E-state index contributed by atoms with van der Waals surface area (Å²) >= 11 is 5.92. The van der Waals surface area contributed by atoms with E-state index in [0.29, 0.717) is 28.7 Å². The molecule has 0 aliphatic rings. The number of anilines is 1. The van der Waals surface area contributed by atoms with Crippen molar-refractivity contribution in [1.29, 1.82) is 0 Å². The summed E-state index contributed by atoms with van der Waals surface area (Å²) in [5.74, 6) is 0.595. The number of benzene rings is 1. The Bertz CT molecular complexity index is 640. The number of ether oxygens (including phenoxy) is 1. The number of halogens is 1. The van der Waals surface area contributed by atoms with Crippen molar-refractivity contribution in [2.24, 2.45) is 0 Å². The van der Waals surface area contributed by atoms with Crippen LogP contribution in [0.4, 0.5) is 5.82 Å². The molecule has 0 unspecified atom stereocenters. The molecule has 0 saturated carbocycles. The van der Waals surface area contributed by atoms with Crippen LogP contribution in [0.1, 0.15) is 16.1 Å². The van der Waals surface area contributed by atoms with Crippen molar-refractivity contribution < 1.29 is 9.53 Å². The predicted molar refractivity (Wildman–Crippen MR) is 81.9 cm³/mol. The minimum absolute atomic E-state index is 0.322. The SMILES string of the molecule is COc1ccc(Cl)cc1C(=O)Nc1cc(CN(C)C)[nH]n1. The summed E-state index contributed by atoms with van der Waals surface area (Å²) in [4.78, 5) is 14.3. The molecule has 2 rings (SSSR count). The van der Waals surface area contributed by atoms with Crippen LogP contribution in [-0.4, -0.2) is 42.2 Å². The summed E-state index contributed by atoms with van der Waals surface area (Å²) in [6.07, 6.45) is 0. The third-order valence-corrected chi connectivity index (χ3v) is 3.00. The Hall–Kier alpha value is -2.05. The zero-order valence-corrected chi connectivity index (χ0v) is 12.9. The number of H-pyrrole nitrogens is 1. The van der Waals surface area contributed by atoms with E-state index in [1.807, 2.05) is 19.0 Å². The molecule has 112 valence electrons. The molecular formula is C14H17ClN4O2. The first kappa shape index (κ1) is 15.3. The second kappa shape index (κ2) is 6.60. The lowest BCUT2D eigenvalue weighted by Crippen LogP contribution is -2.13. The third kappa shape index (κ3) is 3.96. The van der Waals surface area contributed by atoms with Gasteiger partial charge in [0.05, 0.1) is 18.4 Å². The molecule has 0 spiro atoms. The van der Waals surface area contributed by atoms with E-state index in [2.05, 4.69) is 15.5 Å². The summed E-state index contributed by atoms with van der Waals surface area (Å²) in [6, 6.07) is 6.66. The van der Waals surface area contributed by atoms with Crippen LogP contribution in [0.2, 0.25) is 5.02 Å². The predicted octanol–water partition coefficient (Wildman–Crippen LogP) is 2.39. The van der Waals surface area contributed by atoms with Crippen molar-refractivity contribution in [1.82, 2.24) is 15.1 Å². The Balaban J connectivity index is 2.14. The van der Waals surface area contributed by atoms with E-state index >= 15 is 0 Å². The lowest BCUT2D eigenvalue weighted by atomic mass is 10.2. The molecule has 1 aromatic heterocycles. The molecule has 0 radical (unpaired) electrons. The molecule has 1 aromatic carbocycles.